The van der Waals surface area contributed by atoms with E-state index in [4.69, 9.17) is 5.73 Å². The molecule has 0 bridgehead atoms. The van der Waals surface area contributed by atoms with Crippen molar-refractivity contribution in [3.05, 3.63) is 66.4 Å². The van der Waals surface area contributed by atoms with Crippen molar-refractivity contribution in [1.29, 1.82) is 0 Å². The highest BCUT2D eigenvalue weighted by Crippen LogP contribution is 2.23. The zero-order valence-electron chi connectivity index (χ0n) is 11.9. The van der Waals surface area contributed by atoms with E-state index >= 15 is 0 Å². The summed E-state index contributed by atoms with van der Waals surface area (Å²) in [6, 6.07) is 14.3. The number of carbonyl (C=O) groups excluding carboxylic acids is 1. The normalized spacial score (nSPS) is 11.3. The van der Waals surface area contributed by atoms with E-state index in [-0.39, 0.29) is 10.5 Å². The van der Waals surface area contributed by atoms with Gasteiger partial charge in [0.05, 0.1) is 16.1 Å². The summed E-state index contributed by atoms with van der Waals surface area (Å²) >= 11 is 0. The first kappa shape index (κ1) is 15.0. The molecule has 0 atom stereocenters. The highest BCUT2D eigenvalue weighted by atomic mass is 32.2. The van der Waals surface area contributed by atoms with Crippen molar-refractivity contribution in [2.24, 2.45) is 5.73 Å². The largest absolute Gasteiger partial charge is 0.366 e. The van der Waals surface area contributed by atoms with Crippen molar-refractivity contribution < 1.29 is 13.2 Å². The van der Waals surface area contributed by atoms with Crippen LogP contribution in [0.4, 0.5) is 5.69 Å². The van der Waals surface area contributed by atoms with Crippen LogP contribution in [0.25, 0.3) is 10.9 Å². The van der Waals surface area contributed by atoms with E-state index in [1.54, 1.807) is 24.4 Å². The second-order valence-electron chi connectivity index (χ2n) is 4.87. The Morgan fingerprint density at radius 1 is 1.00 bits per heavy atom. The number of sulfonamides is 1. The maximum absolute atomic E-state index is 12.5. The molecule has 116 valence electrons. The topological polar surface area (TPSA) is 102 Å². The van der Waals surface area contributed by atoms with Gasteiger partial charge in [-0.3, -0.25) is 14.5 Å². The van der Waals surface area contributed by atoms with Crippen LogP contribution >= 0.6 is 0 Å². The van der Waals surface area contributed by atoms with Crippen molar-refractivity contribution in [1.82, 2.24) is 4.98 Å². The number of fused-ring (bicyclic) bond motifs is 1. The van der Waals surface area contributed by atoms with Gasteiger partial charge in [-0.15, -0.1) is 0 Å². The standard InChI is InChI=1S/C16H13N3O3S/c17-16(20)12-6-8-13(9-7-12)23(21,22)19-14-5-1-3-11-4-2-10-18-15(11)14/h1-10,19H,(H2,17,20). The van der Waals surface area contributed by atoms with Crippen LogP contribution in [0.15, 0.2) is 65.7 Å². The Kier molecular flexibility index (Phi) is 3.71. The van der Waals surface area contributed by atoms with Crippen LogP contribution in [0, 0.1) is 0 Å². The predicted molar refractivity (Wildman–Crippen MR) is 87.5 cm³/mol. The molecule has 0 aliphatic heterocycles. The first-order valence-corrected chi connectivity index (χ1v) is 8.22. The molecule has 3 N–H and O–H groups in total. The molecule has 0 fully saturated rings. The van der Waals surface area contributed by atoms with Crippen LogP contribution < -0.4 is 10.5 Å². The van der Waals surface area contributed by atoms with Gasteiger partial charge in [0.25, 0.3) is 10.0 Å². The Labute approximate surface area is 133 Å². The number of anilines is 1. The van der Waals surface area contributed by atoms with Crippen molar-refractivity contribution in [3.8, 4) is 0 Å². The van der Waals surface area contributed by atoms with E-state index in [0.29, 0.717) is 11.2 Å². The van der Waals surface area contributed by atoms with Crippen molar-refractivity contribution in [2.75, 3.05) is 4.72 Å². The van der Waals surface area contributed by atoms with Gasteiger partial charge in [0, 0.05) is 17.1 Å². The molecule has 1 amide bonds. The SMILES string of the molecule is NC(=O)c1ccc(S(=O)(=O)Nc2cccc3cccnc23)cc1. The monoisotopic (exact) mass is 327 g/mol. The second-order valence-corrected chi connectivity index (χ2v) is 6.56. The third-order valence-corrected chi connectivity index (χ3v) is 4.71. The molecule has 6 nitrogen and oxygen atoms in total. The number of carbonyl (C=O) groups is 1. The van der Waals surface area contributed by atoms with Crippen molar-refractivity contribution >= 4 is 32.5 Å². The van der Waals surface area contributed by atoms with E-state index in [0.717, 1.165) is 5.39 Å². The Hall–Kier alpha value is -2.93. The van der Waals surface area contributed by atoms with Crippen molar-refractivity contribution in [3.63, 3.8) is 0 Å². The molecule has 0 saturated heterocycles. The van der Waals surface area contributed by atoms with Crippen LogP contribution in [0.2, 0.25) is 0 Å². The Morgan fingerprint density at radius 3 is 2.39 bits per heavy atom. The van der Waals surface area contributed by atoms with E-state index in [2.05, 4.69) is 9.71 Å². The van der Waals surface area contributed by atoms with Crippen LogP contribution in [0.1, 0.15) is 10.4 Å². The number of primary amides is 1. The quantitative estimate of drug-likeness (QED) is 0.766. The number of nitrogens with zero attached hydrogens (tertiary/aromatic N) is 1. The summed E-state index contributed by atoms with van der Waals surface area (Å²) in [5.41, 5.74) is 6.35. The van der Waals surface area contributed by atoms with Gasteiger partial charge in [0.15, 0.2) is 0 Å². The first-order chi connectivity index (χ1) is 11.0. The maximum Gasteiger partial charge on any atom is 0.261 e. The van der Waals surface area contributed by atoms with Gasteiger partial charge in [-0.25, -0.2) is 8.42 Å². The summed E-state index contributed by atoms with van der Waals surface area (Å²) in [5, 5.41) is 0.830. The fourth-order valence-electron chi connectivity index (χ4n) is 2.19. The molecule has 1 aromatic heterocycles. The van der Waals surface area contributed by atoms with E-state index in [9.17, 15) is 13.2 Å². The number of hydrogen-bond donors (Lipinski definition) is 2. The molecule has 3 rings (SSSR count). The number of benzene rings is 2. The predicted octanol–water partition coefficient (Wildman–Crippen LogP) is 2.13. The van der Waals surface area contributed by atoms with Gasteiger partial charge in [0.1, 0.15) is 0 Å². The number of nitrogens with two attached hydrogens (primary N) is 1. The molecule has 23 heavy (non-hydrogen) atoms. The third kappa shape index (κ3) is 3.00. The lowest BCUT2D eigenvalue weighted by atomic mass is 10.2. The number of hydrogen-bond acceptors (Lipinski definition) is 4. The molecule has 0 aliphatic rings. The molecular formula is C16H13N3O3S. The summed E-state index contributed by atoms with van der Waals surface area (Å²) in [6.45, 7) is 0. The summed E-state index contributed by atoms with van der Waals surface area (Å²) in [6.07, 6.45) is 1.60. The molecule has 0 aliphatic carbocycles. The molecule has 2 aromatic carbocycles. The van der Waals surface area contributed by atoms with E-state index < -0.39 is 15.9 Å². The van der Waals surface area contributed by atoms with Crippen LogP contribution in [-0.4, -0.2) is 19.3 Å². The molecule has 0 unspecified atom stereocenters. The van der Waals surface area contributed by atoms with E-state index in [1.807, 2.05) is 12.1 Å². The minimum Gasteiger partial charge on any atom is -0.366 e. The fourth-order valence-corrected chi connectivity index (χ4v) is 3.26. The Balaban J connectivity index is 1.98. The summed E-state index contributed by atoms with van der Waals surface area (Å²) < 4.78 is 27.5. The molecular weight excluding hydrogens is 314 g/mol. The van der Waals surface area contributed by atoms with Gasteiger partial charge in [0.2, 0.25) is 5.91 Å². The second kappa shape index (κ2) is 5.69. The zero-order valence-corrected chi connectivity index (χ0v) is 12.7. The van der Waals surface area contributed by atoms with Gasteiger partial charge >= 0.3 is 0 Å². The zero-order chi connectivity index (χ0) is 16.4. The average Bonchev–Trinajstić information content (AvgIpc) is 2.55. The lowest BCUT2D eigenvalue weighted by Gasteiger charge is -2.10. The fraction of sp³-hybridized carbons (Fsp3) is 0. The molecule has 0 saturated carbocycles. The number of rotatable bonds is 4. The van der Waals surface area contributed by atoms with Gasteiger partial charge < -0.3 is 5.73 Å². The maximum atomic E-state index is 12.5. The Morgan fingerprint density at radius 2 is 1.70 bits per heavy atom. The number of aromatic nitrogens is 1. The van der Waals surface area contributed by atoms with Gasteiger partial charge in [-0.1, -0.05) is 18.2 Å². The molecule has 0 spiro atoms. The Bertz CT molecular complexity index is 978. The van der Waals surface area contributed by atoms with E-state index in [1.165, 1.54) is 24.3 Å². The minimum atomic E-state index is -3.79. The summed E-state index contributed by atoms with van der Waals surface area (Å²) in [7, 11) is -3.79. The highest BCUT2D eigenvalue weighted by Gasteiger charge is 2.16. The van der Waals surface area contributed by atoms with Crippen LogP contribution in [0.3, 0.4) is 0 Å². The molecule has 0 radical (unpaired) electrons. The summed E-state index contributed by atoms with van der Waals surface area (Å²) in [5.74, 6) is -0.611. The first-order valence-electron chi connectivity index (χ1n) is 6.74. The van der Waals surface area contributed by atoms with Crippen LogP contribution in [-0.2, 0) is 10.0 Å². The molecule has 7 heteroatoms. The van der Waals surface area contributed by atoms with Gasteiger partial charge in [-0.05, 0) is 36.4 Å². The lowest BCUT2D eigenvalue weighted by Crippen LogP contribution is -2.15. The molecule has 1 heterocycles. The van der Waals surface area contributed by atoms with Crippen LogP contribution in [0.5, 0.6) is 0 Å². The highest BCUT2D eigenvalue weighted by molar-refractivity contribution is 7.92. The van der Waals surface area contributed by atoms with Crippen molar-refractivity contribution in [2.45, 2.75) is 4.90 Å². The smallest absolute Gasteiger partial charge is 0.261 e. The number of nitrogens with one attached hydrogen (secondary N) is 1. The summed E-state index contributed by atoms with van der Waals surface area (Å²) in [4.78, 5) is 15.3. The number of amides is 1. The number of para-hydroxylation sites is 1. The van der Waals surface area contributed by atoms with Gasteiger partial charge in [-0.2, -0.15) is 0 Å². The molecule has 3 aromatic rings. The lowest BCUT2D eigenvalue weighted by molar-refractivity contribution is 0.1000. The minimum absolute atomic E-state index is 0.0374. The average molecular weight is 327 g/mol. The third-order valence-electron chi connectivity index (χ3n) is 3.33. The number of pyridine rings is 1.